The van der Waals surface area contributed by atoms with Crippen molar-refractivity contribution in [3.63, 3.8) is 0 Å². The van der Waals surface area contributed by atoms with Crippen molar-refractivity contribution in [3.8, 4) is 5.75 Å². The number of hydrazine groups is 1. The average molecular weight is 491 g/mol. The van der Waals surface area contributed by atoms with Gasteiger partial charge in [0.1, 0.15) is 12.3 Å². The minimum atomic E-state index is -3.82. The zero-order valence-corrected chi connectivity index (χ0v) is 19.5. The summed E-state index contributed by atoms with van der Waals surface area (Å²) in [7, 11) is -3.82. The molecule has 0 aliphatic carbocycles. The number of aryl methyl sites for hydroxylation is 1. The summed E-state index contributed by atoms with van der Waals surface area (Å²) in [6.07, 6.45) is 0. The van der Waals surface area contributed by atoms with Gasteiger partial charge in [0.15, 0.2) is 0 Å². The van der Waals surface area contributed by atoms with Crippen molar-refractivity contribution in [2.75, 3.05) is 11.3 Å². The number of aromatic nitrogens is 1. The Bertz CT molecular complexity index is 1300. The van der Waals surface area contributed by atoms with Gasteiger partial charge in [-0.15, -0.1) is 0 Å². The molecule has 0 saturated carbocycles. The van der Waals surface area contributed by atoms with Crippen molar-refractivity contribution in [2.45, 2.75) is 25.3 Å². The van der Waals surface area contributed by atoms with E-state index in [9.17, 15) is 22.8 Å². The molecule has 0 fully saturated rings. The Morgan fingerprint density at radius 3 is 2.27 bits per heavy atom. The molecule has 3 N–H and O–H groups in total. The quantitative estimate of drug-likeness (QED) is 0.413. The molecule has 3 rings (SSSR count). The highest BCUT2D eigenvalue weighted by Gasteiger charge is 2.15. The fraction of sp³-hybridized carbons (Fsp3) is 0.190. The molecule has 1 aromatic heterocycles. The highest BCUT2D eigenvalue weighted by Crippen LogP contribution is 2.19. The summed E-state index contributed by atoms with van der Waals surface area (Å²) in [5, 5.41) is 1.64. The number of hydrogen-bond acceptors (Lipinski definition) is 7. The predicted octanol–water partition coefficient (Wildman–Crippen LogP) is 1.88. The summed E-state index contributed by atoms with van der Waals surface area (Å²) in [5.41, 5.74) is 5.61. The molecule has 174 valence electrons. The number of thiazole rings is 1. The maximum absolute atomic E-state index is 12.5. The van der Waals surface area contributed by atoms with E-state index in [2.05, 4.69) is 15.6 Å². The lowest BCUT2D eigenvalue weighted by molar-refractivity contribution is -0.122. The number of ether oxygens (including phenoxy) is 1. The van der Waals surface area contributed by atoms with E-state index in [1.807, 2.05) is 6.92 Å². The normalized spacial score (nSPS) is 11.0. The SMILES string of the molecule is CCOc1ccc(S(=O)(=O)Nc2ccc(C(=O)NNC(=O)Cn3c(C)csc3=O)cc2)cc1. The number of amides is 2. The fourth-order valence-electron chi connectivity index (χ4n) is 2.76. The maximum Gasteiger partial charge on any atom is 0.307 e. The van der Waals surface area contributed by atoms with Gasteiger partial charge in [-0.1, -0.05) is 11.3 Å². The molecule has 0 atom stereocenters. The molecule has 10 nitrogen and oxygen atoms in total. The van der Waals surface area contributed by atoms with E-state index in [0.29, 0.717) is 18.1 Å². The first kappa shape index (κ1) is 24.0. The summed E-state index contributed by atoms with van der Waals surface area (Å²) in [6.45, 7) is 3.79. The Hall–Kier alpha value is -3.64. The van der Waals surface area contributed by atoms with Crippen molar-refractivity contribution in [3.05, 3.63) is 74.8 Å². The molecule has 0 spiro atoms. The van der Waals surface area contributed by atoms with Gasteiger partial charge in [0.2, 0.25) is 0 Å². The van der Waals surface area contributed by atoms with Gasteiger partial charge in [0.05, 0.1) is 11.5 Å². The number of carbonyl (C=O) groups is 2. The second-order valence-electron chi connectivity index (χ2n) is 6.82. The highest BCUT2D eigenvalue weighted by molar-refractivity contribution is 7.92. The molecule has 0 radical (unpaired) electrons. The lowest BCUT2D eigenvalue weighted by Crippen LogP contribution is -2.44. The molecule has 1 heterocycles. The molecule has 2 amide bonds. The van der Waals surface area contributed by atoms with Gasteiger partial charge in [0.25, 0.3) is 21.8 Å². The van der Waals surface area contributed by atoms with Gasteiger partial charge in [-0.2, -0.15) is 0 Å². The summed E-state index contributed by atoms with van der Waals surface area (Å²) in [6, 6.07) is 11.7. The molecule has 0 aliphatic rings. The molecule has 0 unspecified atom stereocenters. The predicted molar refractivity (Wildman–Crippen MR) is 124 cm³/mol. The molecule has 3 aromatic rings. The standard InChI is InChI=1S/C21H22N4O6S2/c1-3-31-17-8-10-18(11-9-17)33(29,30)24-16-6-4-15(5-7-16)20(27)23-22-19(26)12-25-14(2)13-32-21(25)28/h4-11,13,24H,3,12H2,1-2H3,(H,22,26)(H,23,27). The van der Waals surface area contributed by atoms with Crippen LogP contribution in [0, 0.1) is 6.92 Å². The van der Waals surface area contributed by atoms with Crippen LogP contribution in [0.5, 0.6) is 5.75 Å². The molecule has 12 heteroatoms. The van der Waals surface area contributed by atoms with E-state index < -0.39 is 21.8 Å². The second kappa shape index (κ2) is 10.3. The summed E-state index contributed by atoms with van der Waals surface area (Å²) in [4.78, 5) is 35.7. The number of sulfonamides is 1. The number of anilines is 1. The van der Waals surface area contributed by atoms with Crippen LogP contribution in [-0.2, 0) is 21.4 Å². The Morgan fingerprint density at radius 2 is 1.70 bits per heavy atom. The van der Waals surface area contributed by atoms with Gasteiger partial charge in [-0.05, 0) is 62.4 Å². The first-order chi connectivity index (χ1) is 15.7. The number of nitrogens with zero attached hydrogens (tertiary/aromatic N) is 1. The van der Waals surface area contributed by atoms with Crippen LogP contribution in [0.25, 0.3) is 0 Å². The van der Waals surface area contributed by atoms with E-state index in [-0.39, 0.29) is 27.6 Å². The Labute approximate surface area is 194 Å². The number of rotatable bonds is 8. The van der Waals surface area contributed by atoms with E-state index >= 15 is 0 Å². The van der Waals surface area contributed by atoms with Crippen molar-refractivity contribution in [1.29, 1.82) is 0 Å². The lowest BCUT2D eigenvalue weighted by Gasteiger charge is -2.11. The maximum atomic E-state index is 12.5. The van der Waals surface area contributed by atoms with Crippen molar-refractivity contribution >= 4 is 38.9 Å². The minimum absolute atomic E-state index is 0.0652. The van der Waals surface area contributed by atoms with Crippen LogP contribution >= 0.6 is 11.3 Å². The third-order valence-corrected chi connectivity index (χ3v) is 6.72. The number of hydrogen-bond donors (Lipinski definition) is 3. The van der Waals surface area contributed by atoms with Gasteiger partial charge in [-0.25, -0.2) is 8.42 Å². The van der Waals surface area contributed by atoms with Gasteiger partial charge in [0, 0.05) is 22.3 Å². The lowest BCUT2D eigenvalue weighted by atomic mass is 10.2. The van der Waals surface area contributed by atoms with E-state index in [4.69, 9.17) is 4.74 Å². The van der Waals surface area contributed by atoms with Crippen LogP contribution < -0.4 is 25.2 Å². The van der Waals surface area contributed by atoms with Crippen molar-refractivity contribution in [1.82, 2.24) is 15.4 Å². The molecule has 33 heavy (non-hydrogen) atoms. The van der Waals surface area contributed by atoms with Crippen molar-refractivity contribution in [2.24, 2.45) is 0 Å². The summed E-state index contributed by atoms with van der Waals surface area (Å²) in [5.74, 6) is -0.596. The second-order valence-corrected chi connectivity index (χ2v) is 9.32. The van der Waals surface area contributed by atoms with Gasteiger partial charge < -0.3 is 4.74 Å². The number of benzene rings is 2. The smallest absolute Gasteiger partial charge is 0.307 e. The first-order valence-corrected chi connectivity index (χ1v) is 12.2. The Morgan fingerprint density at radius 1 is 1.03 bits per heavy atom. The topological polar surface area (TPSA) is 136 Å². The van der Waals surface area contributed by atoms with E-state index in [1.165, 1.54) is 41.0 Å². The Balaban J connectivity index is 1.57. The van der Waals surface area contributed by atoms with E-state index in [0.717, 1.165) is 11.3 Å². The van der Waals surface area contributed by atoms with Crippen LogP contribution in [0.3, 0.4) is 0 Å². The van der Waals surface area contributed by atoms with Gasteiger partial charge in [-0.3, -0.25) is 34.5 Å². The molecular formula is C21H22N4O6S2. The first-order valence-electron chi connectivity index (χ1n) is 9.79. The summed E-state index contributed by atoms with van der Waals surface area (Å²) < 4.78 is 34.1. The van der Waals surface area contributed by atoms with Crippen LogP contribution in [0.2, 0.25) is 0 Å². The largest absolute Gasteiger partial charge is 0.494 e. The number of carbonyl (C=O) groups excluding carboxylic acids is 2. The zero-order chi connectivity index (χ0) is 24.0. The van der Waals surface area contributed by atoms with Crippen LogP contribution in [0.15, 0.2) is 63.6 Å². The molecule has 0 aliphatic heterocycles. The highest BCUT2D eigenvalue weighted by atomic mass is 32.2. The van der Waals surface area contributed by atoms with Gasteiger partial charge >= 0.3 is 4.87 Å². The third-order valence-electron chi connectivity index (χ3n) is 4.44. The number of nitrogens with one attached hydrogen (secondary N) is 3. The third kappa shape index (κ3) is 6.20. The molecule has 2 aromatic carbocycles. The minimum Gasteiger partial charge on any atom is -0.494 e. The summed E-state index contributed by atoms with van der Waals surface area (Å²) >= 11 is 0.986. The van der Waals surface area contributed by atoms with Crippen LogP contribution in [0.1, 0.15) is 23.0 Å². The Kier molecular flexibility index (Phi) is 7.51. The molecular weight excluding hydrogens is 468 g/mol. The zero-order valence-electron chi connectivity index (χ0n) is 17.8. The van der Waals surface area contributed by atoms with Crippen molar-refractivity contribution < 1.29 is 22.7 Å². The van der Waals surface area contributed by atoms with Crippen LogP contribution in [0.4, 0.5) is 5.69 Å². The molecule has 0 saturated heterocycles. The molecule has 0 bridgehead atoms. The monoisotopic (exact) mass is 490 g/mol. The average Bonchev–Trinajstić information content (AvgIpc) is 3.10. The van der Waals surface area contributed by atoms with E-state index in [1.54, 1.807) is 24.4 Å². The fourth-order valence-corrected chi connectivity index (χ4v) is 4.56. The van der Waals surface area contributed by atoms with Crippen LogP contribution in [-0.4, -0.2) is 31.4 Å².